The first kappa shape index (κ1) is 22.1. The van der Waals surface area contributed by atoms with Crippen molar-refractivity contribution in [3.05, 3.63) is 64.3 Å². The summed E-state index contributed by atoms with van der Waals surface area (Å²) in [6.07, 6.45) is -4.66. The summed E-state index contributed by atoms with van der Waals surface area (Å²) in [5.74, 6) is -0.0926. The molecule has 0 radical (unpaired) electrons. The highest BCUT2D eigenvalue weighted by molar-refractivity contribution is 6.01. The van der Waals surface area contributed by atoms with Gasteiger partial charge in [-0.25, -0.2) is 0 Å². The molecule has 1 fully saturated rings. The Morgan fingerprint density at radius 3 is 2.28 bits per heavy atom. The highest BCUT2D eigenvalue weighted by atomic mass is 19.4. The van der Waals surface area contributed by atoms with Crippen LogP contribution in [-0.2, 0) is 17.5 Å². The van der Waals surface area contributed by atoms with Crippen LogP contribution < -0.4 is 0 Å². The summed E-state index contributed by atoms with van der Waals surface area (Å²) in [5, 5.41) is 3.92. The molecule has 2 aromatic heterocycles. The lowest BCUT2D eigenvalue weighted by molar-refractivity contribution is -0.143. The first-order chi connectivity index (χ1) is 15.2. The molecular weight excluding hydrogens is 423 g/mol. The number of hydrogen-bond acceptors (Lipinski definition) is 4. The molecule has 1 aliphatic rings. The fraction of sp³-hybridized carbons (Fsp3) is 0.391. The van der Waals surface area contributed by atoms with Crippen LogP contribution in [0.3, 0.4) is 0 Å². The Balaban J connectivity index is 2.01. The van der Waals surface area contributed by atoms with E-state index in [9.17, 15) is 18.0 Å². The van der Waals surface area contributed by atoms with Crippen LogP contribution in [0.15, 0.2) is 34.9 Å². The van der Waals surface area contributed by atoms with E-state index in [1.54, 1.807) is 49.1 Å². The predicted molar refractivity (Wildman–Crippen MR) is 111 cm³/mol. The van der Waals surface area contributed by atoms with Gasteiger partial charge in [0, 0.05) is 30.8 Å². The van der Waals surface area contributed by atoms with E-state index >= 15 is 0 Å². The lowest BCUT2D eigenvalue weighted by Gasteiger charge is -2.28. The number of alkyl halides is 3. The standard InChI is InChI=1S/C23H24F3N3O3/c1-14-18(19-15(2)27-32-16(19)3)20(22(30)28-9-11-31-12-10-28)29(21(14)23(24,25)26)13-17-7-5-4-6-8-17/h4-8H,9-13H2,1-3H3. The van der Waals surface area contributed by atoms with Gasteiger partial charge in [-0.2, -0.15) is 13.2 Å². The van der Waals surface area contributed by atoms with Crippen LogP contribution >= 0.6 is 0 Å². The van der Waals surface area contributed by atoms with Gasteiger partial charge in [0.25, 0.3) is 5.91 Å². The summed E-state index contributed by atoms with van der Waals surface area (Å²) in [5.41, 5.74) is 0.890. The van der Waals surface area contributed by atoms with Crippen molar-refractivity contribution in [3.63, 3.8) is 0 Å². The molecule has 0 N–H and O–H groups in total. The molecule has 32 heavy (non-hydrogen) atoms. The minimum absolute atomic E-state index is 0.00465. The number of morpholine rings is 1. The van der Waals surface area contributed by atoms with Crippen molar-refractivity contribution in [1.82, 2.24) is 14.6 Å². The van der Waals surface area contributed by atoms with Gasteiger partial charge in [-0.1, -0.05) is 35.5 Å². The zero-order valence-corrected chi connectivity index (χ0v) is 18.1. The van der Waals surface area contributed by atoms with Crippen molar-refractivity contribution in [2.45, 2.75) is 33.5 Å². The maximum absolute atomic E-state index is 14.3. The van der Waals surface area contributed by atoms with Gasteiger partial charge in [-0.3, -0.25) is 4.79 Å². The van der Waals surface area contributed by atoms with E-state index in [2.05, 4.69) is 5.16 Å². The Morgan fingerprint density at radius 1 is 1.06 bits per heavy atom. The summed E-state index contributed by atoms with van der Waals surface area (Å²) in [7, 11) is 0. The first-order valence-corrected chi connectivity index (χ1v) is 10.3. The third-order valence-corrected chi connectivity index (χ3v) is 5.74. The van der Waals surface area contributed by atoms with Crippen molar-refractivity contribution in [3.8, 4) is 11.1 Å². The summed E-state index contributed by atoms with van der Waals surface area (Å²) < 4.78 is 54.7. The second-order valence-electron chi connectivity index (χ2n) is 7.87. The van der Waals surface area contributed by atoms with E-state index in [0.717, 1.165) is 4.57 Å². The third-order valence-electron chi connectivity index (χ3n) is 5.74. The van der Waals surface area contributed by atoms with Crippen LogP contribution in [-0.4, -0.2) is 46.8 Å². The number of benzene rings is 1. The molecule has 0 aliphatic carbocycles. The number of hydrogen-bond donors (Lipinski definition) is 0. The lowest BCUT2D eigenvalue weighted by Crippen LogP contribution is -2.41. The Hall–Kier alpha value is -3.07. The molecule has 3 heterocycles. The number of aryl methyl sites for hydroxylation is 2. The van der Waals surface area contributed by atoms with E-state index in [-0.39, 0.29) is 23.4 Å². The number of halogens is 3. The van der Waals surface area contributed by atoms with Crippen LogP contribution in [0, 0.1) is 20.8 Å². The molecule has 0 unspecified atom stereocenters. The van der Waals surface area contributed by atoms with Gasteiger partial charge in [0.05, 0.1) is 18.9 Å². The zero-order chi connectivity index (χ0) is 23.0. The number of nitrogens with zero attached hydrogens (tertiary/aromatic N) is 3. The van der Waals surface area contributed by atoms with Gasteiger partial charge in [0.1, 0.15) is 17.1 Å². The van der Waals surface area contributed by atoms with Crippen molar-refractivity contribution in [1.29, 1.82) is 0 Å². The van der Waals surface area contributed by atoms with E-state index in [1.807, 2.05) is 0 Å². The SMILES string of the molecule is Cc1noc(C)c1-c1c(C)c(C(F)(F)F)n(Cc2ccccc2)c1C(=O)N1CCOCC1. The van der Waals surface area contributed by atoms with Gasteiger partial charge < -0.3 is 18.7 Å². The molecule has 0 bridgehead atoms. The average molecular weight is 447 g/mol. The van der Waals surface area contributed by atoms with Crippen LogP contribution in [0.2, 0.25) is 0 Å². The second-order valence-corrected chi connectivity index (χ2v) is 7.87. The van der Waals surface area contributed by atoms with E-state index in [0.29, 0.717) is 48.9 Å². The number of aromatic nitrogens is 2. The Morgan fingerprint density at radius 2 is 1.72 bits per heavy atom. The Kier molecular flexibility index (Phi) is 5.85. The monoisotopic (exact) mass is 447 g/mol. The van der Waals surface area contributed by atoms with Gasteiger partial charge >= 0.3 is 6.18 Å². The van der Waals surface area contributed by atoms with Crippen LogP contribution in [0.1, 0.15) is 38.8 Å². The van der Waals surface area contributed by atoms with Crippen LogP contribution in [0.5, 0.6) is 0 Å². The molecule has 1 saturated heterocycles. The van der Waals surface area contributed by atoms with Crippen LogP contribution in [0.25, 0.3) is 11.1 Å². The molecule has 3 aromatic rings. The van der Waals surface area contributed by atoms with E-state index in [4.69, 9.17) is 9.26 Å². The Labute approximate surface area is 183 Å². The summed E-state index contributed by atoms with van der Waals surface area (Å²) >= 11 is 0. The normalized spacial score (nSPS) is 14.8. The van der Waals surface area contributed by atoms with Gasteiger partial charge in [-0.05, 0) is 31.9 Å². The molecule has 4 rings (SSSR count). The number of amides is 1. The summed E-state index contributed by atoms with van der Waals surface area (Å²) in [4.78, 5) is 15.2. The molecule has 9 heteroatoms. The number of carbonyl (C=O) groups excluding carboxylic acids is 1. The minimum atomic E-state index is -4.66. The second kappa shape index (κ2) is 8.46. The van der Waals surface area contributed by atoms with Crippen molar-refractivity contribution < 1.29 is 27.2 Å². The quantitative estimate of drug-likeness (QED) is 0.586. The molecule has 1 aliphatic heterocycles. The third kappa shape index (κ3) is 3.92. The zero-order valence-electron chi connectivity index (χ0n) is 18.1. The minimum Gasteiger partial charge on any atom is -0.378 e. The molecule has 6 nitrogen and oxygen atoms in total. The molecule has 1 amide bonds. The highest BCUT2D eigenvalue weighted by Crippen LogP contribution is 2.43. The molecule has 170 valence electrons. The van der Waals surface area contributed by atoms with Crippen molar-refractivity contribution >= 4 is 5.91 Å². The maximum Gasteiger partial charge on any atom is 0.431 e. The fourth-order valence-corrected chi connectivity index (χ4v) is 4.32. The predicted octanol–water partition coefficient (Wildman–Crippen LogP) is 4.61. The van der Waals surface area contributed by atoms with E-state index in [1.165, 1.54) is 6.92 Å². The van der Waals surface area contributed by atoms with Gasteiger partial charge in [0.15, 0.2) is 0 Å². The fourth-order valence-electron chi connectivity index (χ4n) is 4.32. The van der Waals surface area contributed by atoms with Crippen LogP contribution in [0.4, 0.5) is 13.2 Å². The average Bonchev–Trinajstić information content (AvgIpc) is 3.23. The Bertz CT molecular complexity index is 1110. The number of ether oxygens (including phenoxy) is 1. The molecule has 0 spiro atoms. The van der Waals surface area contributed by atoms with Gasteiger partial charge in [-0.15, -0.1) is 0 Å². The number of carbonyl (C=O) groups is 1. The maximum atomic E-state index is 14.3. The topological polar surface area (TPSA) is 60.5 Å². The summed E-state index contributed by atoms with van der Waals surface area (Å²) in [6.45, 7) is 5.93. The van der Waals surface area contributed by atoms with E-state index < -0.39 is 17.8 Å². The van der Waals surface area contributed by atoms with Crippen molar-refractivity contribution in [2.24, 2.45) is 0 Å². The smallest absolute Gasteiger partial charge is 0.378 e. The van der Waals surface area contributed by atoms with Gasteiger partial charge in [0.2, 0.25) is 0 Å². The molecule has 0 saturated carbocycles. The lowest BCUT2D eigenvalue weighted by atomic mass is 9.98. The summed E-state index contributed by atoms with van der Waals surface area (Å²) in [6, 6.07) is 8.81. The molecule has 0 atom stereocenters. The molecular formula is C23H24F3N3O3. The molecule has 1 aromatic carbocycles. The highest BCUT2D eigenvalue weighted by Gasteiger charge is 2.42. The van der Waals surface area contributed by atoms with Crippen molar-refractivity contribution in [2.75, 3.05) is 26.3 Å². The first-order valence-electron chi connectivity index (χ1n) is 10.3. The number of rotatable bonds is 4. The largest absolute Gasteiger partial charge is 0.431 e.